The number of nitrogens with zero attached hydrogens (tertiary/aromatic N) is 2. The molecule has 2 fully saturated rings. The molecule has 2 aliphatic carbocycles. The van der Waals surface area contributed by atoms with E-state index >= 15 is 0 Å². The highest BCUT2D eigenvalue weighted by atomic mass is 35.5. The Morgan fingerprint density at radius 2 is 1.60 bits per heavy atom. The normalized spacial score (nSPS) is 16.2. The van der Waals surface area contributed by atoms with E-state index < -0.39 is 15.4 Å². The molecule has 7 nitrogen and oxygen atoms in total. The molecule has 40 heavy (non-hydrogen) atoms. The summed E-state index contributed by atoms with van der Waals surface area (Å²) < 4.78 is 33.0. The minimum Gasteiger partial charge on any atom is -0.334 e. The second-order valence-electron chi connectivity index (χ2n) is 10.7. The summed E-state index contributed by atoms with van der Waals surface area (Å²) >= 11 is 13.5. The van der Waals surface area contributed by atoms with Crippen LogP contribution in [0.4, 0.5) is 0 Å². The Hall–Kier alpha value is -3.04. The Bertz CT molecular complexity index is 1670. The first-order valence-corrected chi connectivity index (χ1v) is 15.4. The zero-order valence-corrected chi connectivity index (χ0v) is 24.1. The molecule has 2 aliphatic rings. The van der Waals surface area contributed by atoms with Gasteiger partial charge in [0.05, 0.1) is 10.3 Å². The molecule has 0 unspecified atom stereocenters. The lowest BCUT2D eigenvalue weighted by molar-refractivity contribution is -0.117. The number of carbonyl (C=O) groups excluding carboxylic acids is 1. The van der Waals surface area contributed by atoms with Gasteiger partial charge in [-0.15, -0.1) is 0 Å². The average Bonchev–Trinajstić information content (AvgIpc) is 3.83. The number of nitrogens with one attached hydrogen (secondary N) is 1. The first kappa shape index (κ1) is 27.1. The van der Waals surface area contributed by atoms with Crippen molar-refractivity contribution in [2.45, 2.75) is 61.8 Å². The number of ketones is 1. The summed E-state index contributed by atoms with van der Waals surface area (Å²) in [5.41, 5.74) is 3.67. The van der Waals surface area contributed by atoms with Crippen LogP contribution in [0.5, 0.6) is 0 Å². The summed E-state index contributed by atoms with van der Waals surface area (Å²) in [5.74, 6) is 0.961. The molecule has 2 saturated carbocycles. The first-order chi connectivity index (χ1) is 19.1. The Morgan fingerprint density at radius 1 is 0.975 bits per heavy atom. The van der Waals surface area contributed by atoms with Gasteiger partial charge in [0, 0.05) is 40.1 Å². The maximum Gasteiger partial charge on any atom is 0.257 e. The molecule has 1 aromatic heterocycles. The predicted octanol–water partition coefficient (Wildman–Crippen LogP) is 6.23. The SMILES string of the molecule is Cc1ccc(-c2nc(C3(c4c(Cl)cc(CC(=O)Cc5ccc(S(=O)(=O)NC6CC6)cc5)cc4Cl)CC3)no2)cc1. The van der Waals surface area contributed by atoms with Gasteiger partial charge in [-0.2, -0.15) is 4.98 Å². The molecule has 3 aromatic carbocycles. The van der Waals surface area contributed by atoms with Crippen LogP contribution in [0.3, 0.4) is 0 Å². The summed E-state index contributed by atoms with van der Waals surface area (Å²) in [6.07, 6.45) is 3.64. The fourth-order valence-electron chi connectivity index (χ4n) is 4.92. The third-order valence-corrected chi connectivity index (χ3v) is 9.55. The molecule has 1 heterocycles. The minimum atomic E-state index is -3.53. The fraction of sp³-hybridized carbons (Fsp3) is 0.300. The fourth-order valence-corrected chi connectivity index (χ4v) is 7.12. The van der Waals surface area contributed by atoms with Crippen LogP contribution in [-0.2, 0) is 33.1 Å². The van der Waals surface area contributed by atoms with Crippen LogP contribution in [-0.4, -0.2) is 30.4 Å². The van der Waals surface area contributed by atoms with Gasteiger partial charge in [-0.1, -0.05) is 58.2 Å². The molecular formula is C30H27Cl2N3O4S. The number of carbonyl (C=O) groups is 1. The lowest BCUT2D eigenvalue weighted by Crippen LogP contribution is -2.25. The number of aryl methyl sites for hydroxylation is 1. The van der Waals surface area contributed by atoms with Crippen LogP contribution < -0.4 is 4.72 Å². The lowest BCUT2D eigenvalue weighted by atomic mass is 9.92. The van der Waals surface area contributed by atoms with Gasteiger partial charge in [0.1, 0.15) is 5.78 Å². The molecular weight excluding hydrogens is 569 g/mol. The van der Waals surface area contributed by atoms with Gasteiger partial charge < -0.3 is 4.52 Å². The van der Waals surface area contributed by atoms with Crippen molar-refractivity contribution < 1.29 is 17.7 Å². The quantitative estimate of drug-likeness (QED) is 0.233. The van der Waals surface area contributed by atoms with Gasteiger partial charge in [-0.05, 0) is 80.1 Å². The summed E-state index contributed by atoms with van der Waals surface area (Å²) in [6, 6.07) is 17.9. The Balaban J connectivity index is 1.15. The molecule has 10 heteroatoms. The van der Waals surface area contributed by atoms with Gasteiger partial charge in [0.25, 0.3) is 5.89 Å². The van der Waals surface area contributed by atoms with Crippen molar-refractivity contribution in [1.29, 1.82) is 0 Å². The van der Waals surface area contributed by atoms with E-state index in [4.69, 9.17) is 27.7 Å². The van der Waals surface area contributed by atoms with Crippen molar-refractivity contribution in [2.24, 2.45) is 0 Å². The number of hydrogen-bond donors (Lipinski definition) is 1. The average molecular weight is 597 g/mol. The number of rotatable bonds is 10. The zero-order chi connectivity index (χ0) is 28.1. The number of sulfonamides is 1. The van der Waals surface area contributed by atoms with Crippen molar-refractivity contribution >= 4 is 39.0 Å². The number of Topliss-reactive ketones (excluding diaryl/α,β-unsaturated/α-hetero) is 1. The van der Waals surface area contributed by atoms with E-state index in [1.807, 2.05) is 31.2 Å². The number of halogens is 2. The van der Waals surface area contributed by atoms with E-state index in [0.29, 0.717) is 27.3 Å². The van der Waals surface area contributed by atoms with Crippen LogP contribution in [0.15, 0.2) is 70.1 Å². The Labute approximate surface area is 243 Å². The molecule has 0 bridgehead atoms. The van der Waals surface area contributed by atoms with Gasteiger partial charge >= 0.3 is 0 Å². The number of hydrogen-bond acceptors (Lipinski definition) is 6. The van der Waals surface area contributed by atoms with E-state index in [2.05, 4.69) is 14.9 Å². The summed E-state index contributed by atoms with van der Waals surface area (Å²) in [5, 5.41) is 5.19. The van der Waals surface area contributed by atoms with Crippen LogP contribution in [0, 0.1) is 6.92 Å². The van der Waals surface area contributed by atoms with Crippen molar-refractivity contribution in [1.82, 2.24) is 14.9 Å². The van der Waals surface area contributed by atoms with Crippen LogP contribution in [0.2, 0.25) is 10.0 Å². The molecule has 206 valence electrons. The second kappa shape index (κ2) is 10.4. The molecule has 0 amide bonds. The highest BCUT2D eigenvalue weighted by Crippen LogP contribution is 2.56. The maximum absolute atomic E-state index is 12.9. The smallest absolute Gasteiger partial charge is 0.257 e. The van der Waals surface area contributed by atoms with Gasteiger partial charge in [-0.3, -0.25) is 4.79 Å². The van der Waals surface area contributed by atoms with E-state index in [-0.39, 0.29) is 29.6 Å². The molecule has 0 radical (unpaired) electrons. The Kier molecular flexibility index (Phi) is 7.07. The number of benzene rings is 3. The van der Waals surface area contributed by atoms with E-state index in [0.717, 1.165) is 47.9 Å². The summed E-state index contributed by atoms with van der Waals surface area (Å²) in [6.45, 7) is 2.02. The second-order valence-corrected chi connectivity index (χ2v) is 13.3. The van der Waals surface area contributed by atoms with Crippen LogP contribution in [0.1, 0.15) is 53.8 Å². The van der Waals surface area contributed by atoms with E-state index in [1.165, 1.54) is 12.1 Å². The van der Waals surface area contributed by atoms with E-state index in [9.17, 15) is 13.2 Å². The van der Waals surface area contributed by atoms with E-state index in [1.54, 1.807) is 24.3 Å². The molecule has 0 aliphatic heterocycles. The predicted molar refractivity (Wildman–Crippen MR) is 153 cm³/mol. The van der Waals surface area contributed by atoms with Gasteiger partial charge in [-0.25, -0.2) is 13.1 Å². The summed E-state index contributed by atoms with van der Waals surface area (Å²) in [7, 11) is -3.53. The van der Waals surface area contributed by atoms with Crippen LogP contribution in [0.25, 0.3) is 11.5 Å². The molecule has 6 rings (SSSR count). The van der Waals surface area contributed by atoms with Gasteiger partial charge in [0.15, 0.2) is 5.82 Å². The van der Waals surface area contributed by atoms with Crippen molar-refractivity contribution in [3.8, 4) is 11.5 Å². The Morgan fingerprint density at radius 3 is 2.20 bits per heavy atom. The number of aromatic nitrogens is 2. The minimum absolute atomic E-state index is 0.0337. The van der Waals surface area contributed by atoms with Crippen molar-refractivity contribution in [3.63, 3.8) is 0 Å². The largest absolute Gasteiger partial charge is 0.334 e. The van der Waals surface area contributed by atoms with Crippen LogP contribution >= 0.6 is 23.2 Å². The molecule has 0 spiro atoms. The lowest BCUT2D eigenvalue weighted by Gasteiger charge is -2.17. The third-order valence-electron chi connectivity index (χ3n) is 7.42. The zero-order valence-electron chi connectivity index (χ0n) is 21.8. The molecule has 1 N–H and O–H groups in total. The molecule has 0 saturated heterocycles. The highest BCUT2D eigenvalue weighted by molar-refractivity contribution is 7.89. The first-order valence-electron chi connectivity index (χ1n) is 13.2. The maximum atomic E-state index is 12.9. The molecule has 0 atom stereocenters. The van der Waals surface area contributed by atoms with Gasteiger partial charge in [0.2, 0.25) is 10.0 Å². The van der Waals surface area contributed by atoms with Crippen molar-refractivity contribution in [3.05, 3.63) is 98.8 Å². The standard InChI is InChI=1S/C30H27Cl2N3O4S/c1-18-2-6-21(7-3-18)28-33-29(34-39-28)30(12-13-30)27-25(31)16-20(17-26(27)32)15-23(36)14-19-4-10-24(11-5-19)40(37,38)35-22-8-9-22/h2-7,10-11,16-17,22,35H,8-9,12-15H2,1H3. The molecule has 4 aromatic rings. The van der Waals surface area contributed by atoms with Crippen molar-refractivity contribution in [2.75, 3.05) is 0 Å². The third kappa shape index (κ3) is 5.59. The monoisotopic (exact) mass is 595 g/mol. The highest BCUT2D eigenvalue weighted by Gasteiger charge is 2.52. The topological polar surface area (TPSA) is 102 Å². The summed E-state index contributed by atoms with van der Waals surface area (Å²) in [4.78, 5) is 17.7.